The molecule has 0 spiro atoms. The Morgan fingerprint density at radius 2 is 1.95 bits per heavy atom. The zero-order valence-electron chi connectivity index (χ0n) is 11.6. The van der Waals surface area contributed by atoms with Crippen molar-refractivity contribution in [3.8, 4) is 5.75 Å². The molecule has 1 heterocycles. The largest absolute Gasteiger partial charge is 0.497 e. The number of benzene rings is 1. The Hall–Kier alpha value is -2.10. The second-order valence-electron chi connectivity index (χ2n) is 4.63. The lowest BCUT2D eigenvalue weighted by atomic mass is 9.97. The lowest BCUT2D eigenvalue weighted by Crippen LogP contribution is -2.06. The van der Waals surface area contributed by atoms with Crippen LogP contribution in [0.5, 0.6) is 5.75 Å². The molecule has 0 atom stereocenters. The van der Waals surface area contributed by atoms with Crippen LogP contribution in [-0.4, -0.2) is 25.2 Å². The van der Waals surface area contributed by atoms with Crippen LogP contribution in [0.2, 0.25) is 0 Å². The number of methoxy groups -OCH3 is 2. The van der Waals surface area contributed by atoms with E-state index < -0.39 is 5.97 Å². The molecule has 0 aliphatic rings. The molecular weight excluding hydrogens is 242 g/mol. The SMILES string of the molecule is COC(=O)c1cc(C(C)C)c2cc(OC)ccc2n1. The van der Waals surface area contributed by atoms with E-state index in [9.17, 15) is 4.79 Å². The summed E-state index contributed by atoms with van der Waals surface area (Å²) in [6, 6.07) is 7.42. The number of pyridine rings is 1. The lowest BCUT2D eigenvalue weighted by Gasteiger charge is -2.12. The topological polar surface area (TPSA) is 48.4 Å². The first-order valence-corrected chi connectivity index (χ1v) is 6.13. The second kappa shape index (κ2) is 5.26. The number of hydrogen-bond acceptors (Lipinski definition) is 4. The van der Waals surface area contributed by atoms with Gasteiger partial charge in [-0.05, 0) is 35.7 Å². The highest BCUT2D eigenvalue weighted by atomic mass is 16.5. The molecule has 0 saturated heterocycles. The predicted octanol–water partition coefficient (Wildman–Crippen LogP) is 3.15. The van der Waals surface area contributed by atoms with Crippen molar-refractivity contribution in [2.45, 2.75) is 19.8 Å². The average molecular weight is 259 g/mol. The Kier molecular flexibility index (Phi) is 3.69. The van der Waals surface area contributed by atoms with Gasteiger partial charge in [0.1, 0.15) is 11.4 Å². The number of carbonyl (C=O) groups excluding carboxylic acids is 1. The number of hydrogen-bond donors (Lipinski definition) is 0. The van der Waals surface area contributed by atoms with Crippen LogP contribution in [0.3, 0.4) is 0 Å². The van der Waals surface area contributed by atoms with Crippen LogP contribution in [0.4, 0.5) is 0 Å². The minimum absolute atomic E-state index is 0.279. The molecule has 4 nitrogen and oxygen atoms in total. The van der Waals surface area contributed by atoms with Gasteiger partial charge in [0.2, 0.25) is 0 Å². The van der Waals surface area contributed by atoms with Gasteiger partial charge in [-0.2, -0.15) is 0 Å². The van der Waals surface area contributed by atoms with E-state index >= 15 is 0 Å². The van der Waals surface area contributed by atoms with E-state index in [4.69, 9.17) is 9.47 Å². The van der Waals surface area contributed by atoms with Crippen molar-refractivity contribution >= 4 is 16.9 Å². The normalized spacial score (nSPS) is 10.8. The smallest absolute Gasteiger partial charge is 0.356 e. The quantitative estimate of drug-likeness (QED) is 0.794. The molecule has 1 aromatic carbocycles. The molecule has 2 aromatic rings. The summed E-state index contributed by atoms with van der Waals surface area (Å²) >= 11 is 0. The molecule has 0 unspecified atom stereocenters. The fourth-order valence-corrected chi connectivity index (χ4v) is 2.04. The first-order chi connectivity index (χ1) is 9.06. The van der Waals surface area contributed by atoms with Crippen molar-refractivity contribution in [3.05, 3.63) is 35.5 Å². The highest BCUT2D eigenvalue weighted by Gasteiger charge is 2.14. The maximum Gasteiger partial charge on any atom is 0.356 e. The highest BCUT2D eigenvalue weighted by molar-refractivity contribution is 5.93. The molecule has 0 aliphatic carbocycles. The minimum Gasteiger partial charge on any atom is -0.497 e. The highest BCUT2D eigenvalue weighted by Crippen LogP contribution is 2.28. The van der Waals surface area contributed by atoms with Crippen LogP contribution in [0.15, 0.2) is 24.3 Å². The van der Waals surface area contributed by atoms with E-state index in [1.54, 1.807) is 13.2 Å². The number of nitrogens with zero attached hydrogens (tertiary/aromatic N) is 1. The second-order valence-corrected chi connectivity index (χ2v) is 4.63. The van der Waals surface area contributed by atoms with Crippen molar-refractivity contribution in [1.82, 2.24) is 4.98 Å². The van der Waals surface area contributed by atoms with Crippen molar-refractivity contribution in [3.63, 3.8) is 0 Å². The zero-order chi connectivity index (χ0) is 14.0. The molecule has 1 aromatic heterocycles. The van der Waals surface area contributed by atoms with Crippen LogP contribution in [-0.2, 0) is 4.74 Å². The predicted molar refractivity (Wildman–Crippen MR) is 73.7 cm³/mol. The van der Waals surface area contributed by atoms with E-state index in [1.165, 1.54) is 7.11 Å². The van der Waals surface area contributed by atoms with Crippen LogP contribution in [0.1, 0.15) is 35.8 Å². The van der Waals surface area contributed by atoms with Gasteiger partial charge in [-0.1, -0.05) is 13.8 Å². The number of carbonyl (C=O) groups is 1. The van der Waals surface area contributed by atoms with Gasteiger partial charge in [0.05, 0.1) is 19.7 Å². The number of esters is 1. The summed E-state index contributed by atoms with van der Waals surface area (Å²) in [4.78, 5) is 16.0. The van der Waals surface area contributed by atoms with Gasteiger partial charge in [-0.25, -0.2) is 9.78 Å². The Morgan fingerprint density at radius 1 is 1.21 bits per heavy atom. The van der Waals surface area contributed by atoms with E-state index in [0.29, 0.717) is 5.69 Å². The van der Waals surface area contributed by atoms with Gasteiger partial charge in [-0.3, -0.25) is 0 Å². The van der Waals surface area contributed by atoms with Gasteiger partial charge < -0.3 is 9.47 Å². The van der Waals surface area contributed by atoms with Crippen LogP contribution in [0, 0.1) is 0 Å². The minimum atomic E-state index is -0.417. The average Bonchev–Trinajstić information content (AvgIpc) is 2.44. The van der Waals surface area contributed by atoms with Gasteiger partial charge >= 0.3 is 5.97 Å². The Bertz CT molecular complexity index is 620. The maximum absolute atomic E-state index is 11.6. The lowest BCUT2D eigenvalue weighted by molar-refractivity contribution is 0.0594. The first-order valence-electron chi connectivity index (χ1n) is 6.13. The van der Waals surface area contributed by atoms with Gasteiger partial charge in [0.15, 0.2) is 0 Å². The number of fused-ring (bicyclic) bond motifs is 1. The molecule has 100 valence electrons. The summed E-state index contributed by atoms with van der Waals surface area (Å²) in [5.74, 6) is 0.641. The summed E-state index contributed by atoms with van der Waals surface area (Å²) in [5, 5.41) is 1.00. The van der Waals surface area contributed by atoms with Crippen molar-refractivity contribution in [2.24, 2.45) is 0 Å². The van der Waals surface area contributed by atoms with E-state index in [-0.39, 0.29) is 5.92 Å². The summed E-state index contributed by atoms with van der Waals surface area (Å²) in [5.41, 5.74) is 2.17. The monoisotopic (exact) mass is 259 g/mol. The van der Waals surface area contributed by atoms with Gasteiger partial charge in [0.25, 0.3) is 0 Å². The first kappa shape index (κ1) is 13.3. The molecule has 0 N–H and O–H groups in total. The maximum atomic E-state index is 11.6. The molecule has 19 heavy (non-hydrogen) atoms. The summed E-state index contributed by atoms with van der Waals surface area (Å²) in [6.45, 7) is 4.16. The molecule has 0 radical (unpaired) electrons. The summed E-state index contributed by atoms with van der Waals surface area (Å²) in [6.07, 6.45) is 0. The number of ether oxygens (including phenoxy) is 2. The molecule has 2 rings (SSSR count). The molecule has 0 bridgehead atoms. The third-order valence-electron chi connectivity index (χ3n) is 3.06. The molecule has 0 aliphatic heterocycles. The van der Waals surface area contributed by atoms with Crippen molar-refractivity contribution in [2.75, 3.05) is 14.2 Å². The molecule has 0 fully saturated rings. The number of rotatable bonds is 3. The summed E-state index contributed by atoms with van der Waals surface area (Å²) in [7, 11) is 2.99. The van der Waals surface area contributed by atoms with Crippen molar-refractivity contribution < 1.29 is 14.3 Å². The third-order valence-corrected chi connectivity index (χ3v) is 3.06. The van der Waals surface area contributed by atoms with Gasteiger partial charge in [0, 0.05) is 5.39 Å². The summed E-state index contributed by atoms with van der Waals surface area (Å²) < 4.78 is 9.98. The molecular formula is C15H17NO3. The Morgan fingerprint density at radius 3 is 2.53 bits per heavy atom. The molecule has 4 heteroatoms. The zero-order valence-corrected chi connectivity index (χ0v) is 11.6. The Labute approximate surface area is 112 Å². The van der Waals surface area contributed by atoms with Crippen molar-refractivity contribution in [1.29, 1.82) is 0 Å². The van der Waals surface area contributed by atoms with E-state index in [1.807, 2.05) is 18.2 Å². The van der Waals surface area contributed by atoms with E-state index in [0.717, 1.165) is 22.2 Å². The van der Waals surface area contributed by atoms with E-state index in [2.05, 4.69) is 18.8 Å². The standard InChI is InChI=1S/C15H17NO3/c1-9(2)11-8-14(15(17)19-4)16-13-6-5-10(18-3)7-12(11)13/h5-9H,1-4H3. The van der Waals surface area contributed by atoms with Crippen LogP contribution in [0.25, 0.3) is 10.9 Å². The molecule has 0 amide bonds. The Balaban J connectivity index is 2.71. The third kappa shape index (κ3) is 2.52. The van der Waals surface area contributed by atoms with Crippen LogP contribution >= 0.6 is 0 Å². The molecule has 0 saturated carbocycles. The van der Waals surface area contributed by atoms with Gasteiger partial charge in [-0.15, -0.1) is 0 Å². The fourth-order valence-electron chi connectivity index (χ4n) is 2.04. The van der Waals surface area contributed by atoms with Crippen LogP contribution < -0.4 is 4.74 Å². The fraction of sp³-hybridized carbons (Fsp3) is 0.333. The number of aromatic nitrogens is 1.